The fourth-order valence-electron chi connectivity index (χ4n) is 1.97. The summed E-state index contributed by atoms with van der Waals surface area (Å²) in [7, 11) is 0. The van der Waals surface area contributed by atoms with Gasteiger partial charge in [-0.1, -0.05) is 42.3 Å². The second-order valence-electron chi connectivity index (χ2n) is 4.61. The molecule has 2 aromatic carbocycles. The minimum Gasteiger partial charge on any atom is -0.313 e. The van der Waals surface area contributed by atoms with Crippen LogP contribution in [0, 0.1) is 5.82 Å². The monoisotopic (exact) mass is 311 g/mol. The molecule has 0 saturated carbocycles. The van der Waals surface area contributed by atoms with Crippen LogP contribution in [0.25, 0.3) is 11.1 Å². The third-order valence-electron chi connectivity index (χ3n) is 3.04. The summed E-state index contributed by atoms with van der Waals surface area (Å²) in [6.45, 7) is 3.47. The van der Waals surface area contributed by atoms with E-state index in [1.807, 2.05) is 12.1 Å². The van der Waals surface area contributed by atoms with Gasteiger partial charge in [0.25, 0.3) is 0 Å². The number of halogens is 3. The maximum absolute atomic E-state index is 13.8. The minimum atomic E-state index is -0.197. The number of benzene rings is 2. The number of rotatable bonds is 5. The van der Waals surface area contributed by atoms with Crippen molar-refractivity contribution in [1.29, 1.82) is 0 Å². The van der Waals surface area contributed by atoms with Crippen LogP contribution in [-0.2, 0) is 6.54 Å². The summed E-state index contributed by atoms with van der Waals surface area (Å²) in [5.41, 5.74) is 2.51. The Morgan fingerprint density at radius 3 is 2.40 bits per heavy atom. The second-order valence-corrected chi connectivity index (χ2v) is 5.43. The molecular weight excluding hydrogens is 296 g/mol. The standard InChI is InChI=1S/C16H16Cl2FN/c1-2-7-20-10-13-8-11(4-6-16(13)19)12-3-5-14(17)15(18)9-12/h3-6,8-9,20H,2,7,10H2,1H3. The molecule has 4 heteroatoms. The van der Waals surface area contributed by atoms with Crippen molar-refractivity contribution >= 4 is 23.2 Å². The van der Waals surface area contributed by atoms with E-state index in [4.69, 9.17) is 23.2 Å². The zero-order chi connectivity index (χ0) is 14.5. The van der Waals surface area contributed by atoms with Gasteiger partial charge in [-0.05, 0) is 48.4 Å². The van der Waals surface area contributed by atoms with E-state index in [1.165, 1.54) is 6.07 Å². The molecule has 0 atom stereocenters. The molecular formula is C16H16Cl2FN. The van der Waals surface area contributed by atoms with Crippen LogP contribution in [0.3, 0.4) is 0 Å². The summed E-state index contributed by atoms with van der Waals surface area (Å²) < 4.78 is 13.8. The lowest BCUT2D eigenvalue weighted by molar-refractivity contribution is 0.587. The van der Waals surface area contributed by atoms with Crippen LogP contribution in [-0.4, -0.2) is 6.54 Å². The van der Waals surface area contributed by atoms with E-state index in [0.717, 1.165) is 24.1 Å². The lowest BCUT2D eigenvalue weighted by Crippen LogP contribution is -2.14. The molecule has 0 spiro atoms. The Bertz CT molecular complexity index is 599. The summed E-state index contributed by atoms with van der Waals surface area (Å²) in [5.74, 6) is -0.197. The van der Waals surface area contributed by atoms with E-state index in [2.05, 4.69) is 12.2 Å². The predicted octanol–water partition coefficient (Wildman–Crippen LogP) is 5.30. The van der Waals surface area contributed by atoms with Gasteiger partial charge < -0.3 is 5.32 Å². The molecule has 0 amide bonds. The fraction of sp³-hybridized carbons (Fsp3) is 0.250. The van der Waals surface area contributed by atoms with Gasteiger partial charge in [0.1, 0.15) is 5.82 Å². The van der Waals surface area contributed by atoms with Gasteiger partial charge >= 0.3 is 0 Å². The molecule has 0 saturated heterocycles. The molecule has 0 aliphatic rings. The van der Waals surface area contributed by atoms with E-state index in [0.29, 0.717) is 22.2 Å². The average molecular weight is 312 g/mol. The van der Waals surface area contributed by atoms with E-state index in [9.17, 15) is 4.39 Å². The zero-order valence-electron chi connectivity index (χ0n) is 11.2. The fourth-order valence-corrected chi connectivity index (χ4v) is 2.26. The first-order valence-corrected chi connectivity index (χ1v) is 7.32. The molecule has 0 heterocycles. The van der Waals surface area contributed by atoms with E-state index < -0.39 is 0 Å². The average Bonchev–Trinajstić information content (AvgIpc) is 2.44. The molecule has 1 N–H and O–H groups in total. The second kappa shape index (κ2) is 7.07. The summed E-state index contributed by atoms with van der Waals surface area (Å²) in [6.07, 6.45) is 1.02. The Morgan fingerprint density at radius 1 is 1.00 bits per heavy atom. The Morgan fingerprint density at radius 2 is 1.70 bits per heavy atom. The van der Waals surface area contributed by atoms with E-state index >= 15 is 0 Å². The maximum Gasteiger partial charge on any atom is 0.127 e. The van der Waals surface area contributed by atoms with E-state index in [1.54, 1.807) is 18.2 Å². The third-order valence-corrected chi connectivity index (χ3v) is 3.78. The van der Waals surface area contributed by atoms with Gasteiger partial charge in [0.2, 0.25) is 0 Å². The first-order chi connectivity index (χ1) is 9.61. The van der Waals surface area contributed by atoms with Gasteiger partial charge in [-0.3, -0.25) is 0 Å². The maximum atomic E-state index is 13.8. The van der Waals surface area contributed by atoms with Crippen molar-refractivity contribution in [2.45, 2.75) is 19.9 Å². The Hall–Kier alpha value is -1.09. The van der Waals surface area contributed by atoms with Gasteiger partial charge in [0.15, 0.2) is 0 Å². The predicted molar refractivity (Wildman–Crippen MR) is 83.9 cm³/mol. The molecule has 0 aliphatic carbocycles. The van der Waals surface area contributed by atoms with Gasteiger partial charge in [0.05, 0.1) is 10.0 Å². The van der Waals surface area contributed by atoms with Crippen molar-refractivity contribution in [3.8, 4) is 11.1 Å². The van der Waals surface area contributed by atoms with Gasteiger partial charge in [-0.2, -0.15) is 0 Å². The molecule has 0 aliphatic heterocycles. The van der Waals surface area contributed by atoms with Crippen molar-refractivity contribution < 1.29 is 4.39 Å². The number of hydrogen-bond acceptors (Lipinski definition) is 1. The van der Waals surface area contributed by atoms with Crippen LogP contribution in [0.5, 0.6) is 0 Å². The molecule has 106 valence electrons. The minimum absolute atomic E-state index is 0.197. The Labute approximate surface area is 128 Å². The SMILES string of the molecule is CCCNCc1cc(-c2ccc(Cl)c(Cl)c2)ccc1F. The molecule has 20 heavy (non-hydrogen) atoms. The first kappa shape index (κ1) is 15.3. The third kappa shape index (κ3) is 3.72. The molecule has 0 bridgehead atoms. The smallest absolute Gasteiger partial charge is 0.127 e. The van der Waals surface area contributed by atoms with Crippen molar-refractivity contribution in [2.24, 2.45) is 0 Å². The summed E-state index contributed by atoms with van der Waals surface area (Å²) in [5, 5.41) is 4.22. The van der Waals surface area contributed by atoms with Crippen molar-refractivity contribution in [1.82, 2.24) is 5.32 Å². The highest BCUT2D eigenvalue weighted by Gasteiger charge is 2.07. The molecule has 0 fully saturated rings. The lowest BCUT2D eigenvalue weighted by Gasteiger charge is -2.09. The van der Waals surface area contributed by atoms with Crippen LogP contribution in [0.2, 0.25) is 10.0 Å². The first-order valence-electron chi connectivity index (χ1n) is 6.56. The largest absolute Gasteiger partial charge is 0.313 e. The van der Waals surface area contributed by atoms with Crippen LogP contribution >= 0.6 is 23.2 Å². The molecule has 2 rings (SSSR count). The van der Waals surface area contributed by atoms with Gasteiger partial charge in [-0.15, -0.1) is 0 Å². The number of hydrogen-bond donors (Lipinski definition) is 1. The van der Waals surface area contributed by atoms with Crippen LogP contribution in [0.15, 0.2) is 36.4 Å². The molecule has 0 aromatic heterocycles. The van der Waals surface area contributed by atoms with Crippen LogP contribution < -0.4 is 5.32 Å². The van der Waals surface area contributed by atoms with Crippen LogP contribution in [0.1, 0.15) is 18.9 Å². The van der Waals surface area contributed by atoms with Crippen molar-refractivity contribution in [3.05, 3.63) is 57.8 Å². The highest BCUT2D eigenvalue weighted by atomic mass is 35.5. The van der Waals surface area contributed by atoms with Gasteiger partial charge in [0, 0.05) is 12.1 Å². The Balaban J connectivity index is 2.27. The van der Waals surface area contributed by atoms with Crippen molar-refractivity contribution in [3.63, 3.8) is 0 Å². The lowest BCUT2D eigenvalue weighted by atomic mass is 10.0. The Kier molecular flexibility index (Phi) is 5.41. The highest BCUT2D eigenvalue weighted by Crippen LogP contribution is 2.29. The summed E-state index contributed by atoms with van der Waals surface area (Å²) in [6, 6.07) is 10.5. The van der Waals surface area contributed by atoms with E-state index in [-0.39, 0.29) is 5.82 Å². The summed E-state index contributed by atoms with van der Waals surface area (Å²) in [4.78, 5) is 0. The molecule has 2 aromatic rings. The normalized spacial score (nSPS) is 10.8. The summed E-state index contributed by atoms with van der Waals surface area (Å²) >= 11 is 11.9. The van der Waals surface area contributed by atoms with Gasteiger partial charge in [-0.25, -0.2) is 4.39 Å². The highest BCUT2D eigenvalue weighted by molar-refractivity contribution is 6.42. The topological polar surface area (TPSA) is 12.0 Å². The zero-order valence-corrected chi connectivity index (χ0v) is 12.7. The number of nitrogens with one attached hydrogen (secondary N) is 1. The van der Waals surface area contributed by atoms with Crippen molar-refractivity contribution in [2.75, 3.05) is 6.54 Å². The molecule has 0 unspecified atom stereocenters. The molecule has 0 radical (unpaired) electrons. The quantitative estimate of drug-likeness (QED) is 0.739. The molecule has 1 nitrogen and oxygen atoms in total. The van der Waals surface area contributed by atoms with Crippen LogP contribution in [0.4, 0.5) is 4.39 Å².